The normalized spacial score (nSPS) is 19.6. The van der Waals surface area contributed by atoms with Crippen LogP contribution < -0.4 is 5.32 Å². The fourth-order valence-electron chi connectivity index (χ4n) is 1.94. The van der Waals surface area contributed by atoms with Gasteiger partial charge in [0.05, 0.1) is 5.69 Å². The monoisotopic (exact) mass is 222 g/mol. The van der Waals surface area contributed by atoms with Gasteiger partial charge in [0.2, 0.25) is 11.8 Å². The van der Waals surface area contributed by atoms with Crippen LogP contribution in [0, 0.1) is 11.8 Å². The Morgan fingerprint density at radius 1 is 1.56 bits per heavy atom. The van der Waals surface area contributed by atoms with Gasteiger partial charge >= 0.3 is 0 Å². The molecular formula is C12H18N2O2. The van der Waals surface area contributed by atoms with Gasteiger partial charge in [0.25, 0.3) is 0 Å². The minimum absolute atomic E-state index is 0.0165. The predicted octanol–water partition coefficient (Wildman–Crippen LogP) is 2.39. The standard InChI is InChI=1S/C12H18N2O2/c1-7(2)11(15)13-12-9-6-8(3)4-5-10(9)14-16-12/h7-8H,4-6H2,1-3H3,(H,13,15). The summed E-state index contributed by atoms with van der Waals surface area (Å²) in [7, 11) is 0. The molecule has 88 valence electrons. The molecule has 1 atom stereocenters. The van der Waals surface area contributed by atoms with E-state index in [2.05, 4.69) is 17.4 Å². The smallest absolute Gasteiger partial charge is 0.234 e. The van der Waals surface area contributed by atoms with Gasteiger partial charge in [-0.05, 0) is 25.2 Å². The van der Waals surface area contributed by atoms with Crippen molar-refractivity contribution in [3.8, 4) is 0 Å². The van der Waals surface area contributed by atoms with Crippen LogP contribution in [0.15, 0.2) is 4.52 Å². The van der Waals surface area contributed by atoms with E-state index < -0.39 is 0 Å². The van der Waals surface area contributed by atoms with Gasteiger partial charge in [-0.1, -0.05) is 25.9 Å². The van der Waals surface area contributed by atoms with Crippen LogP contribution in [0.4, 0.5) is 5.88 Å². The van der Waals surface area contributed by atoms with Gasteiger partial charge in [0, 0.05) is 11.5 Å². The Kier molecular flexibility index (Phi) is 2.99. The number of amides is 1. The Labute approximate surface area is 95.4 Å². The van der Waals surface area contributed by atoms with E-state index in [1.807, 2.05) is 13.8 Å². The molecule has 1 aliphatic rings. The van der Waals surface area contributed by atoms with Gasteiger partial charge in [0.15, 0.2) is 0 Å². The third kappa shape index (κ3) is 2.10. The molecule has 0 radical (unpaired) electrons. The van der Waals surface area contributed by atoms with Gasteiger partial charge in [-0.2, -0.15) is 0 Å². The molecule has 4 heteroatoms. The lowest BCUT2D eigenvalue weighted by Crippen LogP contribution is -2.19. The first-order valence-electron chi connectivity index (χ1n) is 5.86. The summed E-state index contributed by atoms with van der Waals surface area (Å²) in [6.07, 6.45) is 3.06. The first kappa shape index (κ1) is 11.2. The Hall–Kier alpha value is -1.32. The van der Waals surface area contributed by atoms with Crippen LogP contribution in [0.5, 0.6) is 0 Å². The Balaban J connectivity index is 2.17. The van der Waals surface area contributed by atoms with Crippen LogP contribution in [0.3, 0.4) is 0 Å². The minimum Gasteiger partial charge on any atom is -0.338 e. The highest BCUT2D eigenvalue weighted by atomic mass is 16.5. The molecule has 0 saturated carbocycles. The number of nitrogens with one attached hydrogen (secondary N) is 1. The van der Waals surface area contributed by atoms with Crippen molar-refractivity contribution in [2.45, 2.75) is 40.0 Å². The van der Waals surface area contributed by atoms with E-state index in [0.29, 0.717) is 11.8 Å². The average Bonchev–Trinajstić information content (AvgIpc) is 2.61. The van der Waals surface area contributed by atoms with Gasteiger partial charge in [-0.25, -0.2) is 0 Å². The molecule has 1 heterocycles. The molecule has 0 aromatic carbocycles. The molecule has 1 N–H and O–H groups in total. The van der Waals surface area contributed by atoms with E-state index in [0.717, 1.165) is 30.5 Å². The fraction of sp³-hybridized carbons (Fsp3) is 0.667. The molecule has 1 aromatic rings. The molecule has 1 aliphatic carbocycles. The second kappa shape index (κ2) is 4.28. The predicted molar refractivity (Wildman–Crippen MR) is 61.2 cm³/mol. The molecule has 1 amide bonds. The highest BCUT2D eigenvalue weighted by Gasteiger charge is 2.24. The summed E-state index contributed by atoms with van der Waals surface area (Å²) in [5.41, 5.74) is 2.10. The number of nitrogens with zero attached hydrogens (tertiary/aromatic N) is 1. The second-order valence-corrected chi connectivity index (χ2v) is 4.93. The molecule has 1 unspecified atom stereocenters. The molecule has 0 saturated heterocycles. The lowest BCUT2D eigenvalue weighted by molar-refractivity contribution is -0.119. The van der Waals surface area contributed by atoms with Crippen molar-refractivity contribution in [1.82, 2.24) is 5.16 Å². The van der Waals surface area contributed by atoms with Crippen LogP contribution in [0.1, 0.15) is 38.4 Å². The van der Waals surface area contributed by atoms with Gasteiger partial charge in [-0.15, -0.1) is 0 Å². The van der Waals surface area contributed by atoms with Crippen molar-refractivity contribution in [3.63, 3.8) is 0 Å². The van der Waals surface area contributed by atoms with Crippen molar-refractivity contribution in [2.24, 2.45) is 11.8 Å². The molecule has 0 aliphatic heterocycles. The molecule has 0 spiro atoms. The van der Waals surface area contributed by atoms with Crippen molar-refractivity contribution in [1.29, 1.82) is 0 Å². The molecular weight excluding hydrogens is 204 g/mol. The number of hydrogen-bond donors (Lipinski definition) is 1. The highest BCUT2D eigenvalue weighted by Crippen LogP contribution is 2.30. The lowest BCUT2D eigenvalue weighted by Gasteiger charge is -2.16. The summed E-state index contributed by atoms with van der Waals surface area (Å²) < 4.78 is 5.20. The van der Waals surface area contributed by atoms with E-state index in [9.17, 15) is 4.79 Å². The van der Waals surface area contributed by atoms with E-state index >= 15 is 0 Å². The van der Waals surface area contributed by atoms with Crippen LogP contribution in [-0.4, -0.2) is 11.1 Å². The molecule has 0 bridgehead atoms. The molecule has 2 rings (SSSR count). The zero-order valence-corrected chi connectivity index (χ0v) is 10.0. The van der Waals surface area contributed by atoms with Crippen LogP contribution in [0.25, 0.3) is 0 Å². The average molecular weight is 222 g/mol. The summed E-state index contributed by atoms with van der Waals surface area (Å²) in [4.78, 5) is 11.6. The number of aromatic nitrogens is 1. The number of anilines is 1. The quantitative estimate of drug-likeness (QED) is 0.835. The zero-order valence-electron chi connectivity index (χ0n) is 10.0. The van der Waals surface area contributed by atoms with Crippen LogP contribution >= 0.6 is 0 Å². The van der Waals surface area contributed by atoms with Crippen molar-refractivity contribution in [3.05, 3.63) is 11.3 Å². The van der Waals surface area contributed by atoms with Gasteiger partial charge in [-0.3, -0.25) is 10.1 Å². The lowest BCUT2D eigenvalue weighted by atomic mass is 9.89. The first-order valence-corrected chi connectivity index (χ1v) is 5.86. The summed E-state index contributed by atoms with van der Waals surface area (Å²) in [5.74, 6) is 1.14. The second-order valence-electron chi connectivity index (χ2n) is 4.93. The van der Waals surface area contributed by atoms with E-state index in [1.54, 1.807) is 0 Å². The largest absolute Gasteiger partial charge is 0.338 e. The fourth-order valence-corrected chi connectivity index (χ4v) is 1.94. The molecule has 0 fully saturated rings. The Bertz CT molecular complexity index is 396. The number of aryl methyl sites for hydroxylation is 1. The molecule has 16 heavy (non-hydrogen) atoms. The molecule has 1 aromatic heterocycles. The number of fused-ring (bicyclic) bond motifs is 1. The Morgan fingerprint density at radius 2 is 2.31 bits per heavy atom. The minimum atomic E-state index is -0.0400. The van der Waals surface area contributed by atoms with Gasteiger partial charge in [0.1, 0.15) is 0 Å². The SMILES string of the molecule is CC1CCc2noc(NC(=O)C(C)C)c2C1. The van der Waals surface area contributed by atoms with Crippen molar-refractivity contribution in [2.75, 3.05) is 5.32 Å². The number of rotatable bonds is 2. The van der Waals surface area contributed by atoms with Crippen molar-refractivity contribution >= 4 is 11.8 Å². The Morgan fingerprint density at radius 3 is 3.00 bits per heavy atom. The molecule has 4 nitrogen and oxygen atoms in total. The summed E-state index contributed by atoms with van der Waals surface area (Å²) in [5, 5.41) is 6.82. The third-order valence-corrected chi connectivity index (χ3v) is 3.06. The zero-order chi connectivity index (χ0) is 11.7. The van der Waals surface area contributed by atoms with Gasteiger partial charge < -0.3 is 4.52 Å². The van der Waals surface area contributed by atoms with E-state index in [-0.39, 0.29) is 11.8 Å². The number of hydrogen-bond acceptors (Lipinski definition) is 3. The maximum Gasteiger partial charge on any atom is 0.234 e. The van der Waals surface area contributed by atoms with Crippen LogP contribution in [-0.2, 0) is 17.6 Å². The number of carbonyl (C=O) groups is 1. The number of carbonyl (C=O) groups excluding carboxylic acids is 1. The first-order chi connectivity index (χ1) is 7.58. The maximum atomic E-state index is 11.6. The third-order valence-electron chi connectivity index (χ3n) is 3.06. The maximum absolute atomic E-state index is 11.6. The van der Waals surface area contributed by atoms with E-state index in [1.165, 1.54) is 0 Å². The summed E-state index contributed by atoms with van der Waals surface area (Å²) in [6, 6.07) is 0. The highest BCUT2D eigenvalue weighted by molar-refractivity contribution is 5.91. The van der Waals surface area contributed by atoms with Crippen molar-refractivity contribution < 1.29 is 9.32 Å². The van der Waals surface area contributed by atoms with E-state index in [4.69, 9.17) is 4.52 Å². The topological polar surface area (TPSA) is 55.1 Å². The van der Waals surface area contributed by atoms with Crippen LogP contribution in [0.2, 0.25) is 0 Å². The summed E-state index contributed by atoms with van der Waals surface area (Å²) in [6.45, 7) is 5.94. The summed E-state index contributed by atoms with van der Waals surface area (Å²) >= 11 is 0.